The zero-order chi connectivity index (χ0) is 10.1. The number of carbonyl (C=O) groups is 1. The fourth-order valence-corrected chi connectivity index (χ4v) is 1.29. The van der Waals surface area contributed by atoms with Gasteiger partial charge in [-0.2, -0.15) is 13.2 Å². The highest BCUT2D eigenvalue weighted by molar-refractivity contribution is 7.14. The second-order valence-corrected chi connectivity index (χ2v) is 3.07. The molecule has 1 amide bonds. The number of aryl methyl sites for hydroxylation is 1. The molecular weight excluding hydrogens is 205 g/mol. The molecule has 0 aromatic carbocycles. The van der Waals surface area contributed by atoms with Crippen LogP contribution in [0, 0.1) is 6.92 Å². The van der Waals surface area contributed by atoms with Gasteiger partial charge in [0.25, 0.3) is 0 Å². The minimum absolute atomic E-state index is 0.127. The number of hydrogen-bond donors (Lipinski definition) is 1. The third-order valence-corrected chi connectivity index (χ3v) is 2.07. The summed E-state index contributed by atoms with van der Waals surface area (Å²) in [7, 11) is 0. The Kier molecular flexibility index (Phi) is 2.55. The van der Waals surface area contributed by atoms with Gasteiger partial charge in [0.05, 0.1) is 11.2 Å². The third-order valence-electron chi connectivity index (χ3n) is 1.23. The smallest absolute Gasteiger partial charge is 0.308 e. The summed E-state index contributed by atoms with van der Waals surface area (Å²) in [6.45, 7) is 1.52. The lowest BCUT2D eigenvalue weighted by molar-refractivity contribution is -0.167. The van der Waals surface area contributed by atoms with E-state index in [1.165, 1.54) is 12.4 Å². The van der Waals surface area contributed by atoms with Crippen molar-refractivity contribution in [3.05, 3.63) is 11.2 Å². The molecule has 0 radical (unpaired) electrons. The van der Waals surface area contributed by atoms with E-state index in [9.17, 15) is 18.0 Å². The van der Waals surface area contributed by atoms with E-state index >= 15 is 0 Å². The van der Waals surface area contributed by atoms with Gasteiger partial charge in [0.1, 0.15) is 5.00 Å². The van der Waals surface area contributed by atoms with Crippen molar-refractivity contribution >= 4 is 22.2 Å². The van der Waals surface area contributed by atoms with Crippen LogP contribution in [-0.2, 0) is 4.79 Å². The lowest BCUT2D eigenvalue weighted by atomic mass is 10.5. The summed E-state index contributed by atoms with van der Waals surface area (Å²) >= 11 is 0.951. The van der Waals surface area contributed by atoms with Gasteiger partial charge in [-0.15, -0.1) is 11.3 Å². The number of aromatic nitrogens is 1. The maximum atomic E-state index is 11.7. The predicted octanol–water partition coefficient (Wildman–Crippen LogP) is 1.95. The monoisotopic (exact) mass is 210 g/mol. The molecule has 0 fully saturated rings. The van der Waals surface area contributed by atoms with Crippen molar-refractivity contribution in [2.45, 2.75) is 13.1 Å². The van der Waals surface area contributed by atoms with E-state index in [0.717, 1.165) is 11.3 Å². The first kappa shape index (κ1) is 9.97. The molecule has 1 aromatic rings. The summed E-state index contributed by atoms with van der Waals surface area (Å²) < 4.78 is 35.2. The Morgan fingerprint density at radius 3 is 2.62 bits per heavy atom. The average Bonchev–Trinajstić information content (AvgIpc) is 2.34. The largest absolute Gasteiger partial charge is 0.471 e. The fourth-order valence-electron chi connectivity index (χ4n) is 0.596. The zero-order valence-electron chi connectivity index (χ0n) is 6.47. The van der Waals surface area contributed by atoms with Crippen LogP contribution in [0.4, 0.5) is 18.2 Å². The number of nitrogens with one attached hydrogen (secondary N) is 1. The summed E-state index contributed by atoms with van der Waals surface area (Å²) in [4.78, 5) is 14.1. The third kappa shape index (κ3) is 2.41. The summed E-state index contributed by atoms with van der Waals surface area (Å²) in [5.41, 5.74) is 1.74. The maximum Gasteiger partial charge on any atom is 0.471 e. The molecule has 0 atom stereocenters. The molecule has 0 unspecified atom stereocenters. The Labute approximate surface area is 75.6 Å². The minimum atomic E-state index is -4.85. The molecule has 1 heterocycles. The predicted molar refractivity (Wildman–Crippen MR) is 41.5 cm³/mol. The van der Waals surface area contributed by atoms with Crippen molar-refractivity contribution in [3.8, 4) is 0 Å². The van der Waals surface area contributed by atoms with Crippen molar-refractivity contribution in [3.63, 3.8) is 0 Å². The molecule has 1 rings (SSSR count). The highest BCUT2D eigenvalue weighted by Crippen LogP contribution is 2.23. The molecule has 13 heavy (non-hydrogen) atoms. The van der Waals surface area contributed by atoms with Crippen LogP contribution >= 0.6 is 11.3 Å². The first-order valence-corrected chi connectivity index (χ1v) is 4.07. The number of alkyl halides is 3. The number of hydrogen-bond acceptors (Lipinski definition) is 3. The van der Waals surface area contributed by atoms with Gasteiger partial charge in [-0.25, -0.2) is 4.98 Å². The fraction of sp³-hybridized carbons (Fsp3) is 0.333. The number of anilines is 1. The average molecular weight is 210 g/mol. The van der Waals surface area contributed by atoms with Crippen LogP contribution in [0.15, 0.2) is 5.51 Å². The number of rotatable bonds is 1. The molecule has 0 bridgehead atoms. The molecular formula is C6H5F3N2OS. The Hall–Kier alpha value is -1.11. The van der Waals surface area contributed by atoms with Crippen LogP contribution in [0.3, 0.4) is 0 Å². The van der Waals surface area contributed by atoms with Gasteiger partial charge >= 0.3 is 12.1 Å². The second kappa shape index (κ2) is 3.33. The van der Waals surface area contributed by atoms with Crippen LogP contribution in [0.5, 0.6) is 0 Å². The van der Waals surface area contributed by atoms with Crippen LogP contribution in [0.2, 0.25) is 0 Å². The molecule has 0 aliphatic carbocycles. The molecule has 0 aliphatic rings. The van der Waals surface area contributed by atoms with Crippen molar-refractivity contribution < 1.29 is 18.0 Å². The summed E-state index contributed by atoms with van der Waals surface area (Å²) in [6.07, 6.45) is -4.85. The van der Waals surface area contributed by atoms with E-state index in [0.29, 0.717) is 5.69 Å². The molecule has 0 saturated carbocycles. The van der Waals surface area contributed by atoms with Crippen molar-refractivity contribution in [1.29, 1.82) is 0 Å². The van der Waals surface area contributed by atoms with Crippen LogP contribution in [0.1, 0.15) is 5.69 Å². The minimum Gasteiger partial charge on any atom is -0.308 e. The molecule has 0 spiro atoms. The van der Waals surface area contributed by atoms with Crippen molar-refractivity contribution in [2.24, 2.45) is 0 Å². The second-order valence-electron chi connectivity index (χ2n) is 2.22. The van der Waals surface area contributed by atoms with E-state index in [2.05, 4.69) is 4.98 Å². The highest BCUT2D eigenvalue weighted by Gasteiger charge is 2.39. The van der Waals surface area contributed by atoms with Gasteiger partial charge < -0.3 is 5.32 Å². The topological polar surface area (TPSA) is 42.0 Å². The molecule has 7 heteroatoms. The van der Waals surface area contributed by atoms with E-state index in [1.807, 2.05) is 0 Å². The summed E-state index contributed by atoms with van der Waals surface area (Å²) in [5, 5.41) is 1.85. The van der Waals surface area contributed by atoms with Gasteiger partial charge in [-0.3, -0.25) is 4.79 Å². The van der Waals surface area contributed by atoms with Gasteiger partial charge in [-0.1, -0.05) is 0 Å². The Morgan fingerprint density at radius 2 is 2.23 bits per heavy atom. The molecule has 1 N–H and O–H groups in total. The standard InChI is InChI=1S/C6H5F3N2OS/c1-3-4(13-2-10-3)11-5(12)6(7,8)9/h2H,1H3,(H,11,12). The van der Waals surface area contributed by atoms with Crippen LogP contribution in [0.25, 0.3) is 0 Å². The Morgan fingerprint density at radius 1 is 1.62 bits per heavy atom. The first-order chi connectivity index (χ1) is 5.91. The van der Waals surface area contributed by atoms with Crippen molar-refractivity contribution in [2.75, 3.05) is 5.32 Å². The first-order valence-electron chi connectivity index (χ1n) is 3.19. The number of carbonyl (C=O) groups excluding carboxylic acids is 1. The highest BCUT2D eigenvalue weighted by atomic mass is 32.1. The summed E-state index contributed by atoms with van der Waals surface area (Å²) in [5.74, 6) is -1.97. The lowest BCUT2D eigenvalue weighted by Gasteiger charge is -2.05. The van der Waals surface area contributed by atoms with E-state index in [1.54, 1.807) is 5.32 Å². The number of halogens is 3. The molecule has 1 aromatic heterocycles. The van der Waals surface area contributed by atoms with Gasteiger partial charge in [0.2, 0.25) is 0 Å². The van der Waals surface area contributed by atoms with Crippen molar-refractivity contribution in [1.82, 2.24) is 4.98 Å². The molecule has 0 saturated heterocycles. The molecule has 3 nitrogen and oxygen atoms in total. The normalized spacial score (nSPS) is 11.4. The molecule has 0 aliphatic heterocycles. The Balaban J connectivity index is 2.71. The van der Waals surface area contributed by atoms with E-state index in [-0.39, 0.29) is 5.00 Å². The Bertz CT molecular complexity index is 320. The van der Waals surface area contributed by atoms with E-state index in [4.69, 9.17) is 0 Å². The van der Waals surface area contributed by atoms with Crippen LogP contribution < -0.4 is 5.32 Å². The number of thiazole rings is 1. The lowest BCUT2D eigenvalue weighted by Crippen LogP contribution is -2.29. The van der Waals surface area contributed by atoms with Crippen LogP contribution in [-0.4, -0.2) is 17.1 Å². The number of amides is 1. The maximum absolute atomic E-state index is 11.7. The van der Waals surface area contributed by atoms with Gasteiger partial charge in [0, 0.05) is 0 Å². The SMILES string of the molecule is Cc1ncsc1NC(=O)C(F)(F)F. The molecule has 72 valence electrons. The van der Waals surface area contributed by atoms with Gasteiger partial charge in [-0.05, 0) is 6.92 Å². The summed E-state index contributed by atoms with van der Waals surface area (Å²) in [6, 6.07) is 0. The van der Waals surface area contributed by atoms with E-state index < -0.39 is 12.1 Å². The quantitative estimate of drug-likeness (QED) is 0.769. The zero-order valence-corrected chi connectivity index (χ0v) is 7.29. The number of nitrogens with zero attached hydrogens (tertiary/aromatic N) is 1. The van der Waals surface area contributed by atoms with Gasteiger partial charge in [0.15, 0.2) is 0 Å².